The molecular formula is C32H41N5O4. The highest BCUT2D eigenvalue weighted by Gasteiger charge is 2.63. The van der Waals surface area contributed by atoms with E-state index in [2.05, 4.69) is 66.6 Å². The number of benzene rings is 1. The molecule has 2 unspecified atom stereocenters. The number of rotatable bonds is 6. The van der Waals surface area contributed by atoms with Crippen molar-refractivity contribution in [1.82, 2.24) is 25.0 Å². The second-order valence-electron chi connectivity index (χ2n) is 13.1. The van der Waals surface area contributed by atoms with Crippen LogP contribution in [0.5, 0.6) is 0 Å². The molecule has 0 spiro atoms. The van der Waals surface area contributed by atoms with Crippen molar-refractivity contribution in [2.45, 2.75) is 89.4 Å². The predicted molar refractivity (Wildman–Crippen MR) is 155 cm³/mol. The maximum atomic E-state index is 14.3. The molecule has 7 rings (SSSR count). The summed E-state index contributed by atoms with van der Waals surface area (Å²) in [4.78, 5) is 51.2. The number of hydrogen-bond acceptors (Lipinski definition) is 5. The normalized spacial score (nSPS) is 32.8. The summed E-state index contributed by atoms with van der Waals surface area (Å²) in [6, 6.07) is 5.78. The van der Waals surface area contributed by atoms with Gasteiger partial charge in [-0.2, -0.15) is 0 Å². The average Bonchev–Trinajstić information content (AvgIpc) is 3.66. The number of carbonyl (C=O) groups excluding carboxylic acids is 3. The Morgan fingerprint density at radius 1 is 1.27 bits per heavy atom. The fourth-order valence-electron chi connectivity index (χ4n) is 8.12. The topological polar surface area (TPSA) is 98.0 Å². The molecule has 1 aromatic carbocycles. The van der Waals surface area contributed by atoms with Crippen LogP contribution >= 0.6 is 0 Å². The lowest BCUT2D eigenvalue weighted by molar-refractivity contribution is -0.168. The number of carbonyl (C=O) groups is 3. The van der Waals surface area contributed by atoms with E-state index in [0.29, 0.717) is 32.4 Å². The van der Waals surface area contributed by atoms with Crippen molar-refractivity contribution in [3.05, 3.63) is 41.6 Å². The van der Waals surface area contributed by atoms with Gasteiger partial charge in [-0.25, -0.2) is 0 Å². The first kappa shape index (κ1) is 26.7. The van der Waals surface area contributed by atoms with Crippen LogP contribution in [0.4, 0.5) is 0 Å². The number of amides is 3. The molecule has 41 heavy (non-hydrogen) atoms. The molecular weight excluding hydrogens is 518 g/mol. The van der Waals surface area contributed by atoms with Gasteiger partial charge in [0.1, 0.15) is 6.04 Å². The second-order valence-corrected chi connectivity index (χ2v) is 13.1. The number of hydrogen-bond donors (Lipinski definition) is 2. The highest BCUT2D eigenvalue weighted by molar-refractivity contribution is 6.00. The highest BCUT2D eigenvalue weighted by Crippen LogP contribution is 2.43. The Hall–Kier alpha value is -3.17. The van der Waals surface area contributed by atoms with E-state index < -0.39 is 23.9 Å². The standard InChI is InChI=1S/C32H41N5O4/c1-5-11-32(31(40)37-26(13-18(2)3)29(39)36-12-7-10-24(36)30(37)41-32)34-28(38)20-14-22-21-8-6-9-23-27(21)19(16-33-23)15-25(22)35(4)17-20/h6,8-9,14,16,18,20,24-26,30,33H,5,7,10-13,15,17H2,1-4H3,(H,34,38)/t20-,24+,25-,26?,30?,32-/m1/s1. The summed E-state index contributed by atoms with van der Waals surface area (Å²) in [5.41, 5.74) is 3.30. The van der Waals surface area contributed by atoms with Gasteiger partial charge in [0, 0.05) is 42.7 Å². The largest absolute Gasteiger partial charge is 0.361 e. The zero-order valence-corrected chi connectivity index (χ0v) is 24.5. The molecule has 1 aromatic heterocycles. The summed E-state index contributed by atoms with van der Waals surface area (Å²) in [5.74, 6) is -0.636. The molecule has 2 N–H and O–H groups in total. The average molecular weight is 560 g/mol. The molecule has 1 aliphatic carbocycles. The minimum absolute atomic E-state index is 0.0216. The minimum Gasteiger partial charge on any atom is -0.361 e. The molecule has 3 saturated heterocycles. The number of nitrogens with one attached hydrogen (secondary N) is 2. The molecule has 3 amide bonds. The molecule has 0 saturated carbocycles. The first-order chi connectivity index (χ1) is 19.7. The monoisotopic (exact) mass is 559 g/mol. The smallest absolute Gasteiger partial charge is 0.278 e. The Kier molecular flexibility index (Phi) is 6.32. The summed E-state index contributed by atoms with van der Waals surface area (Å²) in [7, 11) is 2.08. The molecule has 6 atom stereocenters. The van der Waals surface area contributed by atoms with E-state index in [1.165, 1.54) is 22.1 Å². The summed E-state index contributed by atoms with van der Waals surface area (Å²) in [5, 5.41) is 4.37. The van der Waals surface area contributed by atoms with E-state index in [0.717, 1.165) is 24.8 Å². The maximum absolute atomic E-state index is 14.3. The van der Waals surface area contributed by atoms with Crippen LogP contribution in [0.25, 0.3) is 16.5 Å². The molecule has 9 nitrogen and oxygen atoms in total. The lowest BCUT2D eigenvalue weighted by atomic mass is 9.79. The molecule has 5 heterocycles. The van der Waals surface area contributed by atoms with Crippen molar-refractivity contribution in [3.8, 4) is 0 Å². The van der Waals surface area contributed by atoms with Crippen LogP contribution < -0.4 is 5.32 Å². The quantitative estimate of drug-likeness (QED) is 0.566. The van der Waals surface area contributed by atoms with E-state index >= 15 is 0 Å². The Bertz CT molecular complexity index is 1450. The number of ether oxygens (including phenoxy) is 1. The molecule has 4 aliphatic heterocycles. The van der Waals surface area contributed by atoms with E-state index in [4.69, 9.17) is 4.74 Å². The van der Waals surface area contributed by atoms with Gasteiger partial charge in [-0.05, 0) is 61.4 Å². The fourth-order valence-corrected chi connectivity index (χ4v) is 8.12. The summed E-state index contributed by atoms with van der Waals surface area (Å²) >= 11 is 0. The van der Waals surface area contributed by atoms with Crippen LogP contribution in [0.3, 0.4) is 0 Å². The molecule has 0 radical (unpaired) electrons. The number of H-pyrrole nitrogens is 1. The summed E-state index contributed by atoms with van der Waals surface area (Å²) < 4.78 is 6.67. The van der Waals surface area contributed by atoms with Crippen molar-refractivity contribution in [2.75, 3.05) is 20.1 Å². The lowest BCUT2D eigenvalue weighted by Crippen LogP contribution is -2.64. The number of nitrogens with zero attached hydrogens (tertiary/aromatic N) is 3. The van der Waals surface area contributed by atoms with Gasteiger partial charge in [0.25, 0.3) is 5.91 Å². The molecule has 5 aliphatic rings. The van der Waals surface area contributed by atoms with Crippen LogP contribution in [0.1, 0.15) is 64.0 Å². The van der Waals surface area contributed by atoms with Crippen molar-refractivity contribution in [3.63, 3.8) is 0 Å². The zero-order chi connectivity index (χ0) is 28.6. The molecule has 218 valence electrons. The van der Waals surface area contributed by atoms with E-state index in [1.807, 2.05) is 11.8 Å². The zero-order valence-electron chi connectivity index (χ0n) is 24.5. The maximum Gasteiger partial charge on any atom is 0.278 e. The number of aromatic amines is 1. The minimum atomic E-state index is -1.46. The van der Waals surface area contributed by atoms with Crippen LogP contribution in [-0.4, -0.2) is 87.6 Å². The molecule has 0 bridgehead atoms. The SMILES string of the molecule is CCC[C@@]1(NC(=O)[C@@H]2C=C3c4cccc5[nH]cc(c45)C[C@H]3N(C)C2)OC2[C@@H]3CCCN3C(=O)C(CC(C)C)N2C1=O. The molecule has 3 fully saturated rings. The van der Waals surface area contributed by atoms with E-state index in [-0.39, 0.29) is 35.7 Å². The Morgan fingerprint density at radius 3 is 2.88 bits per heavy atom. The molecule has 2 aromatic rings. The van der Waals surface area contributed by atoms with E-state index in [9.17, 15) is 14.4 Å². The van der Waals surface area contributed by atoms with Crippen LogP contribution in [0, 0.1) is 11.8 Å². The number of fused-ring (bicyclic) bond motifs is 5. The lowest BCUT2D eigenvalue weighted by Gasteiger charge is -2.44. The first-order valence-electron chi connectivity index (χ1n) is 15.4. The van der Waals surface area contributed by atoms with Gasteiger partial charge >= 0.3 is 0 Å². The van der Waals surface area contributed by atoms with Gasteiger partial charge in [-0.15, -0.1) is 0 Å². The Morgan fingerprint density at radius 2 is 2.10 bits per heavy atom. The third-order valence-electron chi connectivity index (χ3n) is 9.94. The number of aromatic nitrogens is 1. The summed E-state index contributed by atoms with van der Waals surface area (Å²) in [6.07, 6.45) is 7.90. The molecule has 9 heteroatoms. The Balaban J connectivity index is 1.21. The van der Waals surface area contributed by atoms with Crippen LogP contribution in [0.15, 0.2) is 30.5 Å². The fraction of sp³-hybridized carbons (Fsp3) is 0.594. The summed E-state index contributed by atoms with van der Waals surface area (Å²) in [6.45, 7) is 7.40. The van der Waals surface area contributed by atoms with Gasteiger partial charge < -0.3 is 19.9 Å². The van der Waals surface area contributed by atoms with Crippen molar-refractivity contribution >= 4 is 34.2 Å². The van der Waals surface area contributed by atoms with Crippen molar-refractivity contribution in [2.24, 2.45) is 11.8 Å². The van der Waals surface area contributed by atoms with Gasteiger partial charge in [-0.3, -0.25) is 24.2 Å². The van der Waals surface area contributed by atoms with Crippen molar-refractivity contribution < 1.29 is 19.1 Å². The number of likely N-dealkylation sites (N-methyl/N-ethyl adjacent to an activating group) is 1. The van der Waals surface area contributed by atoms with Gasteiger partial charge in [0.15, 0.2) is 6.23 Å². The van der Waals surface area contributed by atoms with Crippen LogP contribution in [0.2, 0.25) is 0 Å². The third-order valence-corrected chi connectivity index (χ3v) is 9.94. The second kappa shape index (κ2) is 9.70. The Labute approximate surface area is 241 Å². The first-order valence-corrected chi connectivity index (χ1v) is 15.4. The van der Waals surface area contributed by atoms with Crippen molar-refractivity contribution in [1.29, 1.82) is 0 Å². The predicted octanol–water partition coefficient (Wildman–Crippen LogP) is 3.25. The number of piperazine rings is 1. The van der Waals surface area contributed by atoms with Gasteiger partial charge in [-0.1, -0.05) is 45.4 Å². The van der Waals surface area contributed by atoms with E-state index in [1.54, 1.807) is 4.90 Å². The van der Waals surface area contributed by atoms with Gasteiger partial charge in [0.2, 0.25) is 17.5 Å². The third kappa shape index (κ3) is 3.99. The van der Waals surface area contributed by atoms with Crippen LogP contribution in [-0.2, 0) is 25.5 Å². The highest BCUT2D eigenvalue weighted by atomic mass is 16.6. The van der Waals surface area contributed by atoms with Gasteiger partial charge in [0.05, 0.1) is 12.0 Å².